The molecule has 116 valence electrons. The standard InChI is InChI=1S/C6H3F11O2/c7-2(8,1-18)3(9,10)5(14,15)19-6(16,17)4(11,12)13/h18H,1H2. The zero-order valence-electron chi connectivity index (χ0n) is 8.22. The SMILES string of the molecule is OCC(F)(F)C(F)(F)C(F)(F)OC(F)(F)C(F)(F)F. The van der Waals surface area contributed by atoms with Crippen molar-refractivity contribution in [2.24, 2.45) is 0 Å². The Hall–Kier alpha value is -0.850. The van der Waals surface area contributed by atoms with Gasteiger partial charge in [-0.3, -0.25) is 0 Å². The maximum absolute atomic E-state index is 12.4. The molecule has 19 heavy (non-hydrogen) atoms. The number of alkyl halides is 11. The average molecular weight is 316 g/mol. The predicted molar refractivity (Wildman–Crippen MR) is 34.0 cm³/mol. The minimum atomic E-state index is -6.89. The molecule has 0 radical (unpaired) electrons. The summed E-state index contributed by atoms with van der Waals surface area (Å²) in [7, 11) is 0. The molecule has 0 heterocycles. The number of ether oxygens (including phenoxy) is 1. The third kappa shape index (κ3) is 3.19. The Morgan fingerprint density at radius 3 is 1.32 bits per heavy atom. The second-order valence-corrected chi connectivity index (χ2v) is 3.07. The first kappa shape index (κ1) is 18.1. The third-order valence-electron chi connectivity index (χ3n) is 1.61. The van der Waals surface area contributed by atoms with E-state index < -0.39 is 36.8 Å². The third-order valence-corrected chi connectivity index (χ3v) is 1.61. The van der Waals surface area contributed by atoms with E-state index in [2.05, 4.69) is 0 Å². The van der Waals surface area contributed by atoms with Crippen molar-refractivity contribution in [1.82, 2.24) is 0 Å². The van der Waals surface area contributed by atoms with Gasteiger partial charge in [0.25, 0.3) is 0 Å². The summed E-state index contributed by atoms with van der Waals surface area (Å²) in [6.45, 7) is -2.93. The summed E-state index contributed by atoms with van der Waals surface area (Å²) >= 11 is 0. The van der Waals surface area contributed by atoms with Crippen molar-refractivity contribution in [1.29, 1.82) is 0 Å². The van der Waals surface area contributed by atoms with Crippen molar-refractivity contribution < 1.29 is 58.1 Å². The summed E-state index contributed by atoms with van der Waals surface area (Å²) in [5.41, 5.74) is 0. The van der Waals surface area contributed by atoms with Crippen molar-refractivity contribution in [3.05, 3.63) is 0 Å². The Morgan fingerprint density at radius 1 is 0.684 bits per heavy atom. The molecule has 0 saturated heterocycles. The normalized spacial score (nSPS) is 15.8. The summed E-state index contributed by atoms with van der Waals surface area (Å²) in [6.07, 6.45) is -20.5. The molecule has 0 fully saturated rings. The van der Waals surface area contributed by atoms with Gasteiger partial charge in [0.15, 0.2) is 0 Å². The minimum absolute atomic E-state index is 1.51. The van der Waals surface area contributed by atoms with E-state index in [1.807, 2.05) is 0 Å². The van der Waals surface area contributed by atoms with Crippen molar-refractivity contribution >= 4 is 0 Å². The van der Waals surface area contributed by atoms with Gasteiger partial charge < -0.3 is 5.11 Å². The van der Waals surface area contributed by atoms with E-state index in [0.717, 1.165) is 0 Å². The lowest BCUT2D eigenvalue weighted by Crippen LogP contribution is -2.60. The molecular formula is C6H3F11O2. The average Bonchev–Trinajstić information content (AvgIpc) is 2.13. The van der Waals surface area contributed by atoms with Crippen LogP contribution in [0.25, 0.3) is 0 Å². The van der Waals surface area contributed by atoms with E-state index in [4.69, 9.17) is 5.11 Å². The molecule has 0 aliphatic carbocycles. The molecule has 0 atom stereocenters. The van der Waals surface area contributed by atoms with Crippen LogP contribution in [-0.2, 0) is 4.74 Å². The molecule has 1 N–H and O–H groups in total. The first-order chi connectivity index (χ1) is 8.02. The van der Waals surface area contributed by atoms with Crippen LogP contribution in [0.1, 0.15) is 0 Å². The molecule has 0 aromatic carbocycles. The molecular weight excluding hydrogens is 313 g/mol. The maximum Gasteiger partial charge on any atom is 0.483 e. The highest BCUT2D eigenvalue weighted by molar-refractivity contribution is 4.92. The van der Waals surface area contributed by atoms with Crippen LogP contribution in [-0.4, -0.2) is 42.0 Å². The highest BCUT2D eigenvalue weighted by Gasteiger charge is 2.77. The van der Waals surface area contributed by atoms with Gasteiger partial charge in [-0.05, 0) is 0 Å². The van der Waals surface area contributed by atoms with Crippen LogP contribution >= 0.6 is 0 Å². The number of hydrogen-bond acceptors (Lipinski definition) is 2. The Kier molecular flexibility index (Phi) is 4.40. The molecule has 0 saturated carbocycles. The van der Waals surface area contributed by atoms with Gasteiger partial charge in [-0.25, -0.2) is 4.74 Å². The van der Waals surface area contributed by atoms with Crippen LogP contribution in [0.3, 0.4) is 0 Å². The fraction of sp³-hybridized carbons (Fsp3) is 1.00. The van der Waals surface area contributed by atoms with Gasteiger partial charge in [-0.15, -0.1) is 0 Å². The topological polar surface area (TPSA) is 29.5 Å². The van der Waals surface area contributed by atoms with Crippen LogP contribution in [0.4, 0.5) is 48.3 Å². The molecule has 13 heteroatoms. The van der Waals surface area contributed by atoms with Gasteiger partial charge in [0, 0.05) is 0 Å². The van der Waals surface area contributed by atoms with Gasteiger partial charge in [-0.1, -0.05) is 0 Å². The highest BCUT2D eigenvalue weighted by atomic mass is 19.4. The summed E-state index contributed by atoms with van der Waals surface area (Å²) < 4.78 is 134. The van der Waals surface area contributed by atoms with Gasteiger partial charge in [0.1, 0.15) is 6.61 Å². The molecule has 0 unspecified atom stereocenters. The number of rotatable bonds is 5. The van der Waals surface area contributed by atoms with Crippen molar-refractivity contribution in [2.45, 2.75) is 30.2 Å². The van der Waals surface area contributed by atoms with E-state index >= 15 is 0 Å². The summed E-state index contributed by atoms with van der Waals surface area (Å²) in [5.74, 6) is -12.8. The lowest BCUT2D eigenvalue weighted by Gasteiger charge is -2.33. The molecule has 2 nitrogen and oxygen atoms in total. The fourth-order valence-corrected chi connectivity index (χ4v) is 0.595. The predicted octanol–water partition coefficient (Wildman–Crippen LogP) is 3.01. The zero-order valence-corrected chi connectivity index (χ0v) is 8.22. The van der Waals surface area contributed by atoms with E-state index in [0.29, 0.717) is 0 Å². The van der Waals surface area contributed by atoms with E-state index in [9.17, 15) is 48.3 Å². The monoisotopic (exact) mass is 316 g/mol. The summed E-state index contributed by atoms with van der Waals surface area (Å²) in [5, 5.41) is 7.72. The van der Waals surface area contributed by atoms with E-state index in [1.165, 1.54) is 4.74 Å². The largest absolute Gasteiger partial charge is 0.483 e. The second-order valence-electron chi connectivity index (χ2n) is 3.07. The van der Waals surface area contributed by atoms with Crippen molar-refractivity contribution in [3.63, 3.8) is 0 Å². The number of hydrogen-bond donors (Lipinski definition) is 1. The van der Waals surface area contributed by atoms with Crippen molar-refractivity contribution in [2.75, 3.05) is 6.61 Å². The van der Waals surface area contributed by atoms with Crippen LogP contribution in [0.5, 0.6) is 0 Å². The van der Waals surface area contributed by atoms with Gasteiger partial charge >= 0.3 is 30.2 Å². The van der Waals surface area contributed by atoms with Crippen LogP contribution in [0, 0.1) is 0 Å². The molecule has 0 aromatic heterocycles. The molecule has 0 aliphatic heterocycles. The number of aliphatic hydroxyl groups excluding tert-OH is 1. The minimum Gasteiger partial charge on any atom is -0.390 e. The first-order valence-corrected chi connectivity index (χ1v) is 3.91. The molecule has 0 bridgehead atoms. The second kappa shape index (κ2) is 4.61. The molecule has 0 aromatic rings. The van der Waals surface area contributed by atoms with Gasteiger partial charge in [-0.2, -0.15) is 48.3 Å². The Balaban J connectivity index is 5.42. The lowest BCUT2D eigenvalue weighted by molar-refractivity contribution is -0.501. The van der Waals surface area contributed by atoms with Crippen LogP contribution in [0.15, 0.2) is 0 Å². The van der Waals surface area contributed by atoms with Gasteiger partial charge in [0.05, 0.1) is 0 Å². The quantitative estimate of drug-likeness (QED) is 0.790. The van der Waals surface area contributed by atoms with E-state index in [-0.39, 0.29) is 0 Å². The Morgan fingerprint density at radius 2 is 1.05 bits per heavy atom. The van der Waals surface area contributed by atoms with E-state index in [1.54, 1.807) is 0 Å². The molecule has 0 rings (SSSR count). The molecule has 0 spiro atoms. The lowest BCUT2D eigenvalue weighted by atomic mass is 10.1. The van der Waals surface area contributed by atoms with Crippen molar-refractivity contribution in [3.8, 4) is 0 Å². The van der Waals surface area contributed by atoms with Crippen LogP contribution < -0.4 is 0 Å². The maximum atomic E-state index is 12.4. The first-order valence-electron chi connectivity index (χ1n) is 3.91. The Labute approximate surface area is 96.3 Å². The number of aliphatic hydroxyl groups is 1. The summed E-state index contributed by atoms with van der Waals surface area (Å²) in [6, 6.07) is 0. The molecule has 0 aliphatic rings. The number of halogens is 11. The zero-order chi connectivity index (χ0) is 15.9. The smallest absolute Gasteiger partial charge is 0.390 e. The summed E-state index contributed by atoms with van der Waals surface area (Å²) in [4.78, 5) is 0. The molecule has 0 amide bonds. The highest BCUT2D eigenvalue weighted by Crippen LogP contribution is 2.50. The van der Waals surface area contributed by atoms with Gasteiger partial charge in [0.2, 0.25) is 0 Å². The Bertz CT molecular complexity index is 320. The fourth-order valence-electron chi connectivity index (χ4n) is 0.595. The van der Waals surface area contributed by atoms with Crippen LogP contribution in [0.2, 0.25) is 0 Å².